The third kappa shape index (κ3) is 3.02. The van der Waals surface area contributed by atoms with Crippen molar-refractivity contribution in [2.24, 2.45) is 0 Å². The summed E-state index contributed by atoms with van der Waals surface area (Å²) in [6.07, 6.45) is 4.30. The van der Waals surface area contributed by atoms with Gasteiger partial charge in [-0.15, -0.1) is 0 Å². The van der Waals surface area contributed by atoms with Crippen LogP contribution in [0.4, 0.5) is 5.95 Å². The summed E-state index contributed by atoms with van der Waals surface area (Å²) in [4.78, 5) is 9.61. The normalized spacial score (nSPS) is 21.1. The Balaban J connectivity index is 2.25. The highest BCUT2D eigenvalue weighted by Gasteiger charge is 2.35. The molecule has 0 aliphatic carbocycles. The maximum absolute atomic E-state index is 12.5. The molecule has 0 radical (unpaired) electrons. The SMILES string of the molecule is CN(C)CC1CCCN1S(=O)(=O)c1cnc(N)nc1. The number of rotatable bonds is 4. The summed E-state index contributed by atoms with van der Waals surface area (Å²) in [6.45, 7) is 1.26. The number of nitrogen functional groups attached to an aromatic ring is 1. The van der Waals surface area contributed by atoms with Gasteiger partial charge in [0.15, 0.2) is 0 Å². The molecule has 0 amide bonds. The molecule has 1 unspecified atom stereocenters. The molecule has 1 aromatic rings. The summed E-state index contributed by atoms with van der Waals surface area (Å²) in [5, 5.41) is 0. The van der Waals surface area contributed by atoms with Gasteiger partial charge in [0.25, 0.3) is 0 Å². The van der Waals surface area contributed by atoms with Gasteiger partial charge < -0.3 is 10.6 Å². The van der Waals surface area contributed by atoms with Crippen LogP contribution in [0, 0.1) is 0 Å². The van der Waals surface area contributed by atoms with E-state index in [0.717, 1.165) is 19.4 Å². The first-order valence-corrected chi connectivity index (χ1v) is 7.59. The van der Waals surface area contributed by atoms with E-state index in [1.54, 1.807) is 4.31 Å². The summed E-state index contributed by atoms with van der Waals surface area (Å²) in [7, 11) is 0.356. The smallest absolute Gasteiger partial charge is 0.246 e. The molecule has 1 aliphatic rings. The Morgan fingerprint density at radius 2 is 2.05 bits per heavy atom. The van der Waals surface area contributed by atoms with E-state index in [4.69, 9.17) is 5.73 Å². The zero-order chi connectivity index (χ0) is 14.0. The molecule has 2 N–H and O–H groups in total. The van der Waals surface area contributed by atoms with Gasteiger partial charge >= 0.3 is 0 Å². The molecule has 0 spiro atoms. The van der Waals surface area contributed by atoms with Crippen molar-refractivity contribution in [3.8, 4) is 0 Å². The van der Waals surface area contributed by atoms with Crippen LogP contribution in [0.1, 0.15) is 12.8 Å². The molecule has 0 aromatic carbocycles. The first kappa shape index (κ1) is 14.2. The minimum Gasteiger partial charge on any atom is -0.368 e. The fourth-order valence-electron chi connectivity index (χ4n) is 2.32. The Morgan fingerprint density at radius 1 is 1.42 bits per heavy atom. The lowest BCUT2D eigenvalue weighted by molar-refractivity contribution is 0.291. The van der Waals surface area contributed by atoms with Gasteiger partial charge in [-0.25, -0.2) is 18.4 Å². The predicted molar refractivity (Wildman–Crippen MR) is 71.9 cm³/mol. The van der Waals surface area contributed by atoms with Crippen molar-refractivity contribution in [1.29, 1.82) is 0 Å². The van der Waals surface area contributed by atoms with Gasteiger partial charge in [-0.2, -0.15) is 4.31 Å². The summed E-state index contributed by atoms with van der Waals surface area (Å²) in [6, 6.07) is 0.0116. The standard InChI is InChI=1S/C11H19N5O2S/c1-15(2)8-9-4-3-5-16(9)19(17,18)10-6-13-11(12)14-7-10/h6-7,9H,3-5,8H2,1-2H3,(H2,12,13,14). The monoisotopic (exact) mass is 285 g/mol. The molecule has 1 aliphatic heterocycles. The maximum atomic E-state index is 12.5. The van der Waals surface area contributed by atoms with Crippen LogP contribution in [0.25, 0.3) is 0 Å². The minimum atomic E-state index is -3.52. The highest BCUT2D eigenvalue weighted by atomic mass is 32.2. The third-order valence-electron chi connectivity index (χ3n) is 3.15. The highest BCUT2D eigenvalue weighted by molar-refractivity contribution is 7.89. The summed E-state index contributed by atoms with van der Waals surface area (Å²) < 4.78 is 26.6. The van der Waals surface area contributed by atoms with Crippen molar-refractivity contribution in [3.63, 3.8) is 0 Å². The molecule has 2 rings (SSSR count). The molecule has 106 valence electrons. The van der Waals surface area contributed by atoms with Crippen LogP contribution in [0.15, 0.2) is 17.3 Å². The zero-order valence-corrected chi connectivity index (χ0v) is 12.0. The van der Waals surface area contributed by atoms with E-state index in [9.17, 15) is 8.42 Å². The van der Waals surface area contributed by atoms with Crippen LogP contribution in [-0.4, -0.2) is 60.8 Å². The predicted octanol–water partition coefficient (Wildman–Crippen LogP) is -0.226. The number of hydrogen-bond donors (Lipinski definition) is 1. The van der Waals surface area contributed by atoms with E-state index in [0.29, 0.717) is 6.54 Å². The molecule has 8 heteroatoms. The summed E-state index contributed by atoms with van der Waals surface area (Å²) in [5.41, 5.74) is 5.38. The van der Waals surface area contributed by atoms with E-state index in [1.807, 2.05) is 19.0 Å². The third-order valence-corrected chi connectivity index (χ3v) is 5.06. The van der Waals surface area contributed by atoms with Gasteiger partial charge in [0, 0.05) is 19.1 Å². The summed E-state index contributed by atoms with van der Waals surface area (Å²) in [5.74, 6) is 0.0743. The topological polar surface area (TPSA) is 92.4 Å². The van der Waals surface area contributed by atoms with Crippen LogP contribution < -0.4 is 5.73 Å². The van der Waals surface area contributed by atoms with Crippen LogP contribution >= 0.6 is 0 Å². The van der Waals surface area contributed by atoms with Gasteiger partial charge in [-0.1, -0.05) is 0 Å². The van der Waals surface area contributed by atoms with Crippen molar-refractivity contribution in [2.75, 3.05) is 32.9 Å². The molecule has 2 heterocycles. The molecular formula is C11H19N5O2S. The number of hydrogen-bond acceptors (Lipinski definition) is 6. The summed E-state index contributed by atoms with van der Waals surface area (Å²) >= 11 is 0. The van der Waals surface area contributed by atoms with E-state index < -0.39 is 10.0 Å². The van der Waals surface area contributed by atoms with Crippen molar-refractivity contribution in [3.05, 3.63) is 12.4 Å². The number of sulfonamides is 1. The number of anilines is 1. The average Bonchev–Trinajstić information content (AvgIpc) is 2.77. The van der Waals surface area contributed by atoms with Crippen LogP contribution in [0.3, 0.4) is 0 Å². The number of nitrogens with zero attached hydrogens (tertiary/aromatic N) is 4. The molecule has 19 heavy (non-hydrogen) atoms. The Bertz CT molecular complexity index is 529. The lowest BCUT2D eigenvalue weighted by Crippen LogP contribution is -2.41. The molecule has 1 aromatic heterocycles. The lowest BCUT2D eigenvalue weighted by Gasteiger charge is -2.26. The first-order chi connectivity index (χ1) is 8.91. The Kier molecular flexibility index (Phi) is 4.02. The second-order valence-electron chi connectivity index (χ2n) is 4.95. The van der Waals surface area contributed by atoms with E-state index in [-0.39, 0.29) is 16.9 Å². The van der Waals surface area contributed by atoms with Gasteiger partial charge in [0.2, 0.25) is 16.0 Å². The average molecular weight is 285 g/mol. The highest BCUT2D eigenvalue weighted by Crippen LogP contribution is 2.25. The molecule has 0 bridgehead atoms. The Morgan fingerprint density at radius 3 is 2.63 bits per heavy atom. The second-order valence-corrected chi connectivity index (χ2v) is 6.84. The fraction of sp³-hybridized carbons (Fsp3) is 0.636. The van der Waals surface area contributed by atoms with Gasteiger partial charge in [-0.05, 0) is 26.9 Å². The van der Waals surface area contributed by atoms with E-state index >= 15 is 0 Å². The second kappa shape index (κ2) is 5.40. The van der Waals surface area contributed by atoms with Gasteiger partial charge in [-0.3, -0.25) is 0 Å². The van der Waals surface area contributed by atoms with Gasteiger partial charge in [0.1, 0.15) is 4.90 Å². The van der Waals surface area contributed by atoms with Crippen molar-refractivity contribution in [1.82, 2.24) is 19.2 Å². The van der Waals surface area contributed by atoms with Crippen molar-refractivity contribution >= 4 is 16.0 Å². The van der Waals surface area contributed by atoms with Crippen molar-refractivity contribution in [2.45, 2.75) is 23.8 Å². The van der Waals surface area contributed by atoms with Crippen molar-refractivity contribution < 1.29 is 8.42 Å². The Hall–Kier alpha value is -1.25. The van der Waals surface area contributed by atoms with E-state index in [2.05, 4.69) is 9.97 Å². The van der Waals surface area contributed by atoms with Crippen LogP contribution in [-0.2, 0) is 10.0 Å². The van der Waals surface area contributed by atoms with E-state index in [1.165, 1.54) is 12.4 Å². The number of likely N-dealkylation sites (N-methyl/N-ethyl adjacent to an activating group) is 1. The molecule has 0 saturated carbocycles. The number of nitrogens with two attached hydrogens (primary N) is 1. The largest absolute Gasteiger partial charge is 0.368 e. The molecule has 1 saturated heterocycles. The van der Waals surface area contributed by atoms with Gasteiger partial charge in [0.05, 0.1) is 12.4 Å². The van der Waals surface area contributed by atoms with Crippen LogP contribution in [0.2, 0.25) is 0 Å². The molecule has 1 fully saturated rings. The quantitative estimate of drug-likeness (QED) is 0.821. The van der Waals surface area contributed by atoms with Crippen LogP contribution in [0.5, 0.6) is 0 Å². The maximum Gasteiger partial charge on any atom is 0.246 e. The molecule has 1 atom stereocenters. The minimum absolute atomic E-state index is 0.0116. The first-order valence-electron chi connectivity index (χ1n) is 6.15. The fourth-order valence-corrected chi connectivity index (χ4v) is 3.90. The molecular weight excluding hydrogens is 266 g/mol. The zero-order valence-electron chi connectivity index (χ0n) is 11.2. The number of aromatic nitrogens is 2. The molecule has 7 nitrogen and oxygen atoms in total. The lowest BCUT2D eigenvalue weighted by atomic mass is 10.2. The Labute approximate surface area is 113 Å².